The zero-order valence-corrected chi connectivity index (χ0v) is 11.8. The van der Waals surface area contributed by atoms with E-state index in [9.17, 15) is 9.18 Å². The molecule has 21 heavy (non-hydrogen) atoms. The number of carboxylic acid groups (broad SMARTS) is 1. The fourth-order valence-electron chi connectivity index (χ4n) is 3.18. The molecule has 2 aliphatic heterocycles. The zero-order valence-electron chi connectivity index (χ0n) is 11.8. The number of halogens is 1. The molecule has 3 rings (SSSR count). The quantitative estimate of drug-likeness (QED) is 0.788. The smallest absolute Gasteiger partial charge is 0.306 e. The lowest BCUT2D eigenvalue weighted by Gasteiger charge is -2.34. The van der Waals surface area contributed by atoms with Crippen molar-refractivity contribution in [1.29, 1.82) is 0 Å². The summed E-state index contributed by atoms with van der Waals surface area (Å²) in [5.74, 6) is -1.13. The Morgan fingerprint density at radius 1 is 1.29 bits per heavy atom. The Labute approximate surface area is 123 Å². The second-order valence-corrected chi connectivity index (χ2v) is 5.80. The summed E-state index contributed by atoms with van der Waals surface area (Å²) in [6.45, 7) is 1.57. The highest BCUT2D eigenvalue weighted by atomic mass is 19.1. The number of nitrogens with zero attached hydrogens (tertiary/aromatic N) is 1. The molecule has 2 atom stereocenters. The van der Waals surface area contributed by atoms with Crippen molar-refractivity contribution in [3.05, 3.63) is 35.6 Å². The second kappa shape index (κ2) is 6.09. The van der Waals surface area contributed by atoms with Crippen LogP contribution in [0.5, 0.6) is 0 Å². The van der Waals surface area contributed by atoms with Crippen molar-refractivity contribution in [3.8, 4) is 0 Å². The Hall–Kier alpha value is -1.50. The number of benzene rings is 1. The largest absolute Gasteiger partial charge is 0.481 e. The number of likely N-dealkylation sites (tertiary alicyclic amines) is 1. The van der Waals surface area contributed by atoms with E-state index in [2.05, 4.69) is 15.8 Å². The van der Waals surface area contributed by atoms with Crippen LogP contribution in [0, 0.1) is 11.7 Å². The van der Waals surface area contributed by atoms with Gasteiger partial charge in [0, 0.05) is 19.1 Å². The molecule has 0 saturated carbocycles. The van der Waals surface area contributed by atoms with Crippen LogP contribution in [0.25, 0.3) is 0 Å². The summed E-state index contributed by atoms with van der Waals surface area (Å²) in [4.78, 5) is 13.2. The van der Waals surface area contributed by atoms with Crippen molar-refractivity contribution in [3.63, 3.8) is 0 Å². The van der Waals surface area contributed by atoms with Crippen molar-refractivity contribution < 1.29 is 14.3 Å². The van der Waals surface area contributed by atoms with Gasteiger partial charge in [0.1, 0.15) is 5.82 Å². The molecule has 114 valence electrons. The molecule has 5 nitrogen and oxygen atoms in total. The van der Waals surface area contributed by atoms with Crippen molar-refractivity contribution in [2.45, 2.75) is 31.5 Å². The van der Waals surface area contributed by atoms with Crippen molar-refractivity contribution in [2.24, 2.45) is 5.92 Å². The number of aliphatic carboxylic acids is 1. The van der Waals surface area contributed by atoms with Gasteiger partial charge in [0.2, 0.25) is 0 Å². The number of rotatable bonds is 3. The maximum Gasteiger partial charge on any atom is 0.306 e. The van der Waals surface area contributed by atoms with E-state index in [1.54, 1.807) is 12.1 Å². The lowest BCUT2D eigenvalue weighted by molar-refractivity contribution is -0.143. The SMILES string of the molecule is O=C(O)C1CCN(C2CC(c3cccc(F)c3)NN2)CC1. The summed E-state index contributed by atoms with van der Waals surface area (Å²) in [6, 6.07) is 6.72. The molecule has 0 spiro atoms. The van der Waals surface area contributed by atoms with Crippen LogP contribution < -0.4 is 10.9 Å². The summed E-state index contributed by atoms with van der Waals surface area (Å²) in [5, 5.41) is 9.02. The summed E-state index contributed by atoms with van der Waals surface area (Å²) < 4.78 is 13.3. The predicted octanol–water partition coefficient (Wildman–Crippen LogP) is 1.49. The Kier molecular flexibility index (Phi) is 4.19. The zero-order chi connectivity index (χ0) is 14.8. The van der Waals surface area contributed by atoms with Gasteiger partial charge in [-0.2, -0.15) is 0 Å². The minimum absolute atomic E-state index is 0.0860. The average Bonchev–Trinajstić information content (AvgIpc) is 2.97. The fraction of sp³-hybridized carbons (Fsp3) is 0.533. The number of carbonyl (C=O) groups is 1. The molecule has 0 amide bonds. The maximum absolute atomic E-state index is 13.3. The molecular weight excluding hydrogens is 273 g/mol. The molecule has 2 heterocycles. The van der Waals surface area contributed by atoms with E-state index >= 15 is 0 Å². The lowest BCUT2D eigenvalue weighted by Crippen LogP contribution is -2.48. The first-order valence-corrected chi connectivity index (χ1v) is 7.37. The van der Waals surface area contributed by atoms with Gasteiger partial charge in [-0.1, -0.05) is 12.1 Å². The van der Waals surface area contributed by atoms with E-state index in [1.807, 2.05) is 6.07 Å². The van der Waals surface area contributed by atoms with Crippen molar-refractivity contribution in [2.75, 3.05) is 13.1 Å². The van der Waals surface area contributed by atoms with E-state index in [-0.39, 0.29) is 23.9 Å². The molecule has 2 unspecified atom stereocenters. The van der Waals surface area contributed by atoms with Gasteiger partial charge in [-0.25, -0.2) is 15.2 Å². The molecule has 6 heteroatoms. The third kappa shape index (κ3) is 3.23. The van der Waals surface area contributed by atoms with Gasteiger partial charge in [-0.05, 0) is 37.0 Å². The molecule has 1 aromatic carbocycles. The molecule has 0 aromatic heterocycles. The van der Waals surface area contributed by atoms with E-state index in [0.29, 0.717) is 12.8 Å². The first-order valence-electron chi connectivity index (χ1n) is 7.37. The number of hydrogen-bond donors (Lipinski definition) is 3. The van der Waals surface area contributed by atoms with Crippen molar-refractivity contribution >= 4 is 5.97 Å². The van der Waals surface area contributed by atoms with Gasteiger partial charge in [0.05, 0.1) is 12.1 Å². The van der Waals surface area contributed by atoms with Crippen molar-refractivity contribution in [1.82, 2.24) is 15.8 Å². The highest BCUT2D eigenvalue weighted by Gasteiger charge is 2.33. The van der Waals surface area contributed by atoms with E-state index in [1.165, 1.54) is 6.07 Å². The molecule has 2 fully saturated rings. The van der Waals surface area contributed by atoms with Gasteiger partial charge in [-0.15, -0.1) is 0 Å². The van der Waals surface area contributed by atoms with Crippen LogP contribution in [-0.2, 0) is 4.79 Å². The standard InChI is InChI=1S/C15H20FN3O2/c16-12-3-1-2-11(8-12)13-9-14(18-17-13)19-6-4-10(5-7-19)15(20)21/h1-3,8,10,13-14,17-18H,4-7,9H2,(H,20,21). The average molecular weight is 293 g/mol. The molecule has 0 aliphatic carbocycles. The number of hydrazine groups is 1. The summed E-state index contributed by atoms with van der Waals surface area (Å²) in [7, 11) is 0. The fourth-order valence-corrected chi connectivity index (χ4v) is 3.18. The summed E-state index contributed by atoms with van der Waals surface area (Å²) in [5.41, 5.74) is 7.39. The number of carboxylic acids is 1. The third-order valence-corrected chi connectivity index (χ3v) is 4.45. The van der Waals surface area contributed by atoms with Gasteiger partial charge in [-0.3, -0.25) is 9.69 Å². The van der Waals surface area contributed by atoms with Gasteiger partial charge < -0.3 is 5.11 Å². The monoisotopic (exact) mass is 293 g/mol. The van der Waals surface area contributed by atoms with Crippen LogP contribution in [0.3, 0.4) is 0 Å². The third-order valence-electron chi connectivity index (χ3n) is 4.45. The van der Waals surface area contributed by atoms with Crippen LogP contribution >= 0.6 is 0 Å². The Bertz CT molecular complexity index is 517. The molecule has 3 N–H and O–H groups in total. The number of piperidine rings is 1. The summed E-state index contributed by atoms with van der Waals surface area (Å²) >= 11 is 0. The maximum atomic E-state index is 13.3. The molecule has 2 aliphatic rings. The first-order chi connectivity index (χ1) is 10.1. The van der Waals surface area contributed by atoms with Crippen LogP contribution in [-0.4, -0.2) is 35.2 Å². The molecule has 0 radical (unpaired) electrons. The minimum atomic E-state index is -0.690. The molecule has 1 aromatic rings. The van der Waals surface area contributed by atoms with Crippen LogP contribution in [0.4, 0.5) is 4.39 Å². The molecule has 2 saturated heterocycles. The van der Waals surface area contributed by atoms with Gasteiger partial charge >= 0.3 is 5.97 Å². The van der Waals surface area contributed by atoms with Crippen LogP contribution in [0.2, 0.25) is 0 Å². The Morgan fingerprint density at radius 2 is 2.05 bits per heavy atom. The minimum Gasteiger partial charge on any atom is -0.481 e. The lowest BCUT2D eigenvalue weighted by atomic mass is 9.96. The highest BCUT2D eigenvalue weighted by Crippen LogP contribution is 2.27. The van der Waals surface area contributed by atoms with Gasteiger partial charge in [0.25, 0.3) is 0 Å². The topological polar surface area (TPSA) is 64.6 Å². The Morgan fingerprint density at radius 3 is 2.71 bits per heavy atom. The van der Waals surface area contributed by atoms with Crippen LogP contribution in [0.1, 0.15) is 30.9 Å². The van der Waals surface area contributed by atoms with E-state index in [4.69, 9.17) is 5.11 Å². The van der Waals surface area contributed by atoms with E-state index in [0.717, 1.165) is 25.1 Å². The highest BCUT2D eigenvalue weighted by molar-refractivity contribution is 5.70. The normalized spacial score (nSPS) is 27.9. The molecular formula is C15H20FN3O2. The second-order valence-electron chi connectivity index (χ2n) is 5.80. The predicted molar refractivity (Wildman–Crippen MR) is 75.8 cm³/mol. The number of hydrogen-bond acceptors (Lipinski definition) is 4. The number of nitrogens with one attached hydrogen (secondary N) is 2. The first kappa shape index (κ1) is 14.4. The Balaban J connectivity index is 1.57. The van der Waals surface area contributed by atoms with Crippen LogP contribution in [0.15, 0.2) is 24.3 Å². The van der Waals surface area contributed by atoms with E-state index < -0.39 is 5.97 Å². The van der Waals surface area contributed by atoms with Gasteiger partial charge in [0.15, 0.2) is 0 Å². The summed E-state index contributed by atoms with van der Waals surface area (Å²) in [6.07, 6.45) is 2.41. The molecule has 0 bridgehead atoms.